The number of amides is 1. The minimum Gasteiger partial charge on any atom is -0.345 e. The Balaban J connectivity index is 1.82. The lowest BCUT2D eigenvalue weighted by molar-refractivity contribution is -0.135. The Hall–Kier alpha value is -2.21. The quantitative estimate of drug-likeness (QED) is 0.664. The van der Waals surface area contributed by atoms with Gasteiger partial charge in [0.25, 0.3) is 0 Å². The van der Waals surface area contributed by atoms with E-state index in [0.717, 1.165) is 38.5 Å². The molecule has 0 bridgehead atoms. The summed E-state index contributed by atoms with van der Waals surface area (Å²) >= 11 is 0. The zero-order chi connectivity index (χ0) is 21.8. The number of allylic oxidation sites excluding steroid dienone is 1. The summed E-state index contributed by atoms with van der Waals surface area (Å²) < 4.78 is 15.6. The van der Waals surface area contributed by atoms with Gasteiger partial charge in [-0.3, -0.25) is 9.59 Å². The predicted octanol–water partition coefficient (Wildman–Crippen LogP) is 4.56. The third kappa shape index (κ3) is 4.75. The van der Waals surface area contributed by atoms with Gasteiger partial charge in [0, 0.05) is 42.1 Å². The van der Waals surface area contributed by atoms with Crippen molar-refractivity contribution in [1.29, 1.82) is 0 Å². The third-order valence-corrected chi connectivity index (χ3v) is 6.59. The number of Topliss-reactive ketones (excluding diaryl/α,β-unsaturated/α-hetero) is 1. The Morgan fingerprint density at radius 1 is 1.23 bits per heavy atom. The molecule has 0 aromatic carbocycles. The molecule has 1 saturated heterocycles. The maximum atomic E-state index is 13.6. The molecule has 1 aromatic heterocycles. The van der Waals surface area contributed by atoms with Gasteiger partial charge in [0.1, 0.15) is 0 Å². The first kappa shape index (κ1) is 22.5. The van der Waals surface area contributed by atoms with E-state index in [0.29, 0.717) is 29.9 Å². The molecule has 1 aromatic rings. The maximum Gasteiger partial charge on any atom is 0.240 e. The van der Waals surface area contributed by atoms with Crippen molar-refractivity contribution in [3.63, 3.8) is 0 Å². The standard InChI is InChI=1S/C24H34FN3O2/c1-4-22-20(13-16(2)25)21(17(3)29)15-27(22)14-19-11-8-12-28(19)24(30)23(26)18-9-6-5-7-10-18/h4,13,15,18-19,23H,1,5-12,14,26H2,2-3H3/b16-13+/t19-,23-/m0/s1. The molecule has 2 aliphatic rings. The van der Waals surface area contributed by atoms with E-state index in [1.165, 1.54) is 26.3 Å². The van der Waals surface area contributed by atoms with Gasteiger partial charge in [-0.05, 0) is 57.6 Å². The van der Waals surface area contributed by atoms with E-state index in [1.54, 1.807) is 12.3 Å². The summed E-state index contributed by atoms with van der Waals surface area (Å²) in [6, 6.07) is -0.420. The smallest absolute Gasteiger partial charge is 0.240 e. The molecule has 1 amide bonds. The topological polar surface area (TPSA) is 68.3 Å². The Kier molecular flexibility index (Phi) is 7.29. The van der Waals surface area contributed by atoms with Crippen LogP contribution in [0.4, 0.5) is 4.39 Å². The molecule has 164 valence electrons. The molecule has 2 atom stereocenters. The Morgan fingerprint density at radius 3 is 2.53 bits per heavy atom. The summed E-state index contributed by atoms with van der Waals surface area (Å²) in [7, 11) is 0. The highest BCUT2D eigenvalue weighted by atomic mass is 19.1. The molecule has 2 N–H and O–H groups in total. The van der Waals surface area contributed by atoms with Crippen LogP contribution in [0, 0.1) is 5.92 Å². The molecular weight excluding hydrogens is 381 g/mol. The second-order valence-corrected chi connectivity index (χ2v) is 8.74. The van der Waals surface area contributed by atoms with Crippen molar-refractivity contribution < 1.29 is 14.0 Å². The number of nitrogens with two attached hydrogens (primary N) is 1. The van der Waals surface area contributed by atoms with E-state index in [2.05, 4.69) is 6.58 Å². The van der Waals surface area contributed by atoms with Crippen LogP contribution in [0.3, 0.4) is 0 Å². The zero-order valence-electron chi connectivity index (χ0n) is 18.2. The van der Waals surface area contributed by atoms with Crippen molar-refractivity contribution in [2.75, 3.05) is 6.54 Å². The summed E-state index contributed by atoms with van der Waals surface area (Å²) in [6.45, 7) is 7.96. The van der Waals surface area contributed by atoms with Crippen LogP contribution in [0.2, 0.25) is 0 Å². The number of ketones is 1. The highest BCUT2D eigenvalue weighted by Gasteiger charge is 2.35. The normalized spacial score (nSPS) is 21.7. The number of carbonyl (C=O) groups excluding carboxylic acids is 2. The maximum absolute atomic E-state index is 13.6. The van der Waals surface area contributed by atoms with Gasteiger partial charge in [0.05, 0.1) is 11.9 Å². The van der Waals surface area contributed by atoms with E-state index in [4.69, 9.17) is 5.73 Å². The van der Waals surface area contributed by atoms with Gasteiger partial charge in [-0.25, -0.2) is 4.39 Å². The number of nitrogens with zero attached hydrogens (tertiary/aromatic N) is 2. The third-order valence-electron chi connectivity index (χ3n) is 6.59. The first-order valence-corrected chi connectivity index (χ1v) is 11.1. The van der Waals surface area contributed by atoms with Crippen LogP contribution in [0.25, 0.3) is 12.2 Å². The number of likely N-dealkylation sites (tertiary alicyclic amines) is 1. The van der Waals surface area contributed by atoms with Crippen LogP contribution in [-0.4, -0.2) is 39.8 Å². The second kappa shape index (κ2) is 9.73. The lowest BCUT2D eigenvalue weighted by Gasteiger charge is -2.33. The van der Waals surface area contributed by atoms with E-state index >= 15 is 0 Å². The van der Waals surface area contributed by atoms with E-state index < -0.39 is 6.04 Å². The van der Waals surface area contributed by atoms with Gasteiger partial charge >= 0.3 is 0 Å². The molecule has 0 spiro atoms. The van der Waals surface area contributed by atoms with Crippen LogP contribution in [-0.2, 0) is 11.3 Å². The van der Waals surface area contributed by atoms with Crippen molar-refractivity contribution in [1.82, 2.24) is 9.47 Å². The molecular formula is C24H34FN3O2. The molecule has 1 aliphatic carbocycles. The molecule has 1 saturated carbocycles. The largest absolute Gasteiger partial charge is 0.345 e. The van der Waals surface area contributed by atoms with Gasteiger partial charge in [0.2, 0.25) is 5.91 Å². The first-order valence-electron chi connectivity index (χ1n) is 11.1. The van der Waals surface area contributed by atoms with Crippen LogP contribution in [0.5, 0.6) is 0 Å². The number of carbonyl (C=O) groups is 2. The lowest BCUT2D eigenvalue weighted by Crippen LogP contribution is -2.50. The van der Waals surface area contributed by atoms with Gasteiger partial charge in [-0.2, -0.15) is 0 Å². The molecule has 30 heavy (non-hydrogen) atoms. The second-order valence-electron chi connectivity index (χ2n) is 8.74. The molecule has 5 nitrogen and oxygen atoms in total. The first-order chi connectivity index (χ1) is 14.3. The van der Waals surface area contributed by atoms with Crippen LogP contribution in [0.1, 0.15) is 80.4 Å². The molecule has 2 heterocycles. The summed E-state index contributed by atoms with van der Waals surface area (Å²) in [5.74, 6) is -0.169. The molecule has 0 radical (unpaired) electrons. The predicted molar refractivity (Wildman–Crippen MR) is 119 cm³/mol. The molecule has 6 heteroatoms. The van der Waals surface area contributed by atoms with Crippen molar-refractivity contribution >= 4 is 23.8 Å². The van der Waals surface area contributed by atoms with Crippen molar-refractivity contribution in [3.8, 4) is 0 Å². The van der Waals surface area contributed by atoms with E-state index in [1.807, 2.05) is 9.47 Å². The van der Waals surface area contributed by atoms with Crippen LogP contribution < -0.4 is 5.73 Å². The summed E-state index contributed by atoms with van der Waals surface area (Å²) in [5, 5.41) is 0. The van der Waals surface area contributed by atoms with Crippen molar-refractivity contribution in [2.24, 2.45) is 11.7 Å². The van der Waals surface area contributed by atoms with Gasteiger partial charge < -0.3 is 15.2 Å². The fourth-order valence-corrected chi connectivity index (χ4v) is 5.03. The molecule has 1 aliphatic heterocycles. The van der Waals surface area contributed by atoms with Gasteiger partial charge in [-0.15, -0.1) is 0 Å². The van der Waals surface area contributed by atoms with E-state index in [-0.39, 0.29) is 29.5 Å². The average Bonchev–Trinajstić information content (AvgIpc) is 3.32. The van der Waals surface area contributed by atoms with Crippen molar-refractivity contribution in [2.45, 2.75) is 77.4 Å². The minimum absolute atomic E-state index is 0.0151. The Bertz CT molecular complexity index is 832. The van der Waals surface area contributed by atoms with E-state index in [9.17, 15) is 14.0 Å². The Labute approximate surface area is 178 Å². The lowest BCUT2D eigenvalue weighted by atomic mass is 9.83. The zero-order valence-corrected chi connectivity index (χ0v) is 18.2. The average molecular weight is 416 g/mol. The SMILES string of the molecule is C=Cc1c(/C=C(\C)F)c(C(C)=O)cn1C[C@@H]1CCCN1C(=O)[C@@H](N)C1CCCCC1. The van der Waals surface area contributed by atoms with Gasteiger partial charge in [-0.1, -0.05) is 25.8 Å². The van der Waals surface area contributed by atoms with Crippen molar-refractivity contribution in [3.05, 3.63) is 35.4 Å². The number of halogens is 1. The molecule has 0 unspecified atom stereocenters. The monoisotopic (exact) mass is 415 g/mol. The minimum atomic E-state index is -0.435. The number of hydrogen-bond acceptors (Lipinski definition) is 3. The van der Waals surface area contributed by atoms with Gasteiger partial charge in [0.15, 0.2) is 5.78 Å². The molecule has 2 fully saturated rings. The number of hydrogen-bond donors (Lipinski definition) is 1. The number of aromatic nitrogens is 1. The Morgan fingerprint density at radius 2 is 1.93 bits per heavy atom. The summed E-state index contributed by atoms with van der Waals surface area (Å²) in [6.07, 6.45) is 12.2. The fraction of sp³-hybridized carbons (Fsp3) is 0.583. The summed E-state index contributed by atoms with van der Waals surface area (Å²) in [4.78, 5) is 27.2. The number of rotatable bonds is 7. The summed E-state index contributed by atoms with van der Waals surface area (Å²) in [5.41, 5.74) is 8.12. The highest BCUT2D eigenvalue weighted by Crippen LogP contribution is 2.30. The fourth-order valence-electron chi connectivity index (χ4n) is 5.03. The molecule has 3 rings (SSSR count). The highest BCUT2D eigenvalue weighted by molar-refractivity contribution is 5.99. The van der Waals surface area contributed by atoms with Crippen LogP contribution in [0.15, 0.2) is 18.6 Å². The van der Waals surface area contributed by atoms with Crippen LogP contribution >= 0.6 is 0 Å².